The van der Waals surface area contributed by atoms with Crippen LogP contribution in [0, 0.1) is 0 Å². The predicted octanol–water partition coefficient (Wildman–Crippen LogP) is 0.919. The molecule has 0 fully saturated rings. The van der Waals surface area contributed by atoms with Gasteiger partial charge >= 0.3 is 5.97 Å². The van der Waals surface area contributed by atoms with E-state index in [9.17, 15) is 9.36 Å². The summed E-state index contributed by atoms with van der Waals surface area (Å²) in [5.41, 5.74) is 0. The van der Waals surface area contributed by atoms with Gasteiger partial charge in [0.2, 0.25) is 0 Å². The largest absolute Gasteiger partial charge is 0.478 e. The lowest BCUT2D eigenvalue weighted by Crippen LogP contribution is -1.85. The lowest BCUT2D eigenvalue weighted by Gasteiger charge is -1.72. The molecular weight excluding hydrogens is 127 g/mol. The number of hydrogen-bond donors (Lipinski definition) is 1. The molecule has 8 heavy (non-hydrogen) atoms. The van der Waals surface area contributed by atoms with Crippen molar-refractivity contribution in [1.29, 1.82) is 0 Å². The van der Waals surface area contributed by atoms with Crippen LogP contribution in [0.3, 0.4) is 0 Å². The third-order valence-electron chi connectivity index (χ3n) is 0.440. The molecule has 0 saturated carbocycles. The smallest absolute Gasteiger partial charge is 0.328 e. The average molecular weight is 132 g/mol. The summed E-state index contributed by atoms with van der Waals surface area (Å²) in [6.45, 7) is 0. The number of carboxylic acid groups (broad SMARTS) is 1. The van der Waals surface area contributed by atoms with Crippen molar-refractivity contribution in [2.45, 2.75) is 0 Å². The van der Waals surface area contributed by atoms with E-state index in [0.29, 0.717) is 0 Å². The van der Waals surface area contributed by atoms with Gasteiger partial charge in [-0.1, -0.05) is 6.08 Å². The van der Waals surface area contributed by atoms with Crippen molar-refractivity contribution >= 4 is 14.4 Å². The van der Waals surface area contributed by atoms with Gasteiger partial charge in [-0.05, 0) is 0 Å². The number of aliphatic carboxylic acids is 1. The number of rotatable bonds is 3. The Morgan fingerprint density at radius 3 is 2.75 bits per heavy atom. The molecule has 0 saturated heterocycles. The highest BCUT2D eigenvalue weighted by Gasteiger charge is 1.81. The quantitative estimate of drug-likeness (QED) is 0.458. The summed E-state index contributed by atoms with van der Waals surface area (Å²) < 4.78 is 9.64. The van der Waals surface area contributed by atoms with E-state index < -0.39 is 5.97 Å². The highest BCUT2D eigenvalue weighted by Crippen LogP contribution is 1.89. The summed E-state index contributed by atoms with van der Waals surface area (Å²) in [5, 5.41) is 7.95. The van der Waals surface area contributed by atoms with E-state index in [0.717, 1.165) is 6.08 Å². The zero-order chi connectivity index (χ0) is 6.41. The van der Waals surface area contributed by atoms with Gasteiger partial charge in [-0.25, -0.2) is 4.79 Å². The van der Waals surface area contributed by atoms with E-state index >= 15 is 0 Å². The molecule has 0 aromatic carbocycles. The molecule has 0 atom stereocenters. The van der Waals surface area contributed by atoms with Crippen LogP contribution >= 0.6 is 8.46 Å². The minimum absolute atomic E-state index is 0.0497. The molecule has 0 heterocycles. The van der Waals surface area contributed by atoms with Crippen molar-refractivity contribution in [2.24, 2.45) is 0 Å². The molecule has 0 amide bonds. The molecule has 0 bridgehead atoms. The van der Waals surface area contributed by atoms with Crippen molar-refractivity contribution in [3.63, 3.8) is 0 Å². The van der Waals surface area contributed by atoms with E-state index in [2.05, 4.69) is 0 Å². The molecule has 3 nitrogen and oxygen atoms in total. The summed E-state index contributed by atoms with van der Waals surface area (Å²) in [6, 6.07) is 0. The predicted molar refractivity (Wildman–Crippen MR) is 29.2 cm³/mol. The summed E-state index contributed by atoms with van der Waals surface area (Å²) in [5.74, 6) is -1.01. The molecule has 0 radical (unpaired) electrons. The Hall–Kier alpha value is -0.690. The van der Waals surface area contributed by atoms with Crippen LogP contribution in [0.2, 0.25) is 0 Å². The zero-order valence-corrected chi connectivity index (χ0v) is 4.97. The third kappa shape index (κ3) is 5.31. The van der Waals surface area contributed by atoms with Gasteiger partial charge in [0.25, 0.3) is 0 Å². The fourth-order valence-electron chi connectivity index (χ4n) is 0.197. The number of carbonyl (C=O) groups is 1. The van der Waals surface area contributed by atoms with Crippen LogP contribution in [-0.4, -0.2) is 17.2 Å². The van der Waals surface area contributed by atoms with Crippen LogP contribution in [0.5, 0.6) is 0 Å². The first-order valence-electron chi connectivity index (χ1n) is 1.96. The standard InChI is InChI=1S/C4H5O3P/c5-4(6)2-1-3-8-7/h1-2H,3H2,(H,5,6)/b2-1+. The highest BCUT2D eigenvalue weighted by molar-refractivity contribution is 7.23. The Morgan fingerprint density at radius 1 is 1.75 bits per heavy atom. The van der Waals surface area contributed by atoms with Crippen LogP contribution in [0.15, 0.2) is 12.2 Å². The summed E-state index contributed by atoms with van der Waals surface area (Å²) in [4.78, 5) is 9.68. The number of hydrogen-bond acceptors (Lipinski definition) is 2. The molecule has 4 heteroatoms. The third-order valence-corrected chi connectivity index (χ3v) is 0.800. The van der Waals surface area contributed by atoms with Gasteiger partial charge in [-0.2, -0.15) is 0 Å². The van der Waals surface area contributed by atoms with Crippen molar-refractivity contribution in [1.82, 2.24) is 0 Å². The molecule has 0 rings (SSSR count). The maximum atomic E-state index is 9.68. The Kier molecular flexibility index (Phi) is 4.08. The first kappa shape index (κ1) is 7.31. The maximum Gasteiger partial charge on any atom is 0.328 e. The van der Waals surface area contributed by atoms with Gasteiger partial charge in [0.05, 0.1) is 0 Å². The van der Waals surface area contributed by atoms with Crippen molar-refractivity contribution < 1.29 is 14.5 Å². The number of allylic oxidation sites excluding steroid dienone is 1. The molecule has 0 aliphatic rings. The van der Waals surface area contributed by atoms with Crippen LogP contribution in [0.25, 0.3) is 0 Å². The van der Waals surface area contributed by atoms with Gasteiger partial charge in [-0.3, -0.25) is 4.57 Å². The molecule has 0 aromatic rings. The van der Waals surface area contributed by atoms with Crippen molar-refractivity contribution in [3.05, 3.63) is 12.2 Å². The fourth-order valence-corrected chi connectivity index (χ4v) is 0.388. The van der Waals surface area contributed by atoms with E-state index in [-0.39, 0.29) is 14.6 Å². The Balaban J connectivity index is 3.34. The van der Waals surface area contributed by atoms with Crippen LogP contribution in [0.1, 0.15) is 0 Å². The molecule has 0 aromatic heterocycles. The topological polar surface area (TPSA) is 54.4 Å². The van der Waals surface area contributed by atoms with Crippen molar-refractivity contribution in [2.75, 3.05) is 6.16 Å². The fraction of sp³-hybridized carbons (Fsp3) is 0.250. The first-order chi connectivity index (χ1) is 3.77. The summed E-state index contributed by atoms with van der Waals surface area (Å²) in [6.07, 6.45) is 2.56. The molecule has 0 unspecified atom stereocenters. The molecule has 0 aliphatic carbocycles. The van der Waals surface area contributed by atoms with Crippen molar-refractivity contribution in [3.8, 4) is 0 Å². The van der Waals surface area contributed by atoms with Crippen LogP contribution in [-0.2, 0) is 9.36 Å². The number of carboxylic acids is 1. The van der Waals surface area contributed by atoms with Gasteiger partial charge in [0.15, 0.2) is 8.46 Å². The Labute approximate surface area is 48.2 Å². The average Bonchev–Trinajstić information content (AvgIpc) is 1.66. The summed E-state index contributed by atoms with van der Waals surface area (Å²) in [7, 11) is -0.0497. The molecule has 1 N–H and O–H groups in total. The molecule has 44 valence electrons. The minimum atomic E-state index is -1.01. The second-order valence-corrected chi connectivity index (χ2v) is 1.68. The summed E-state index contributed by atoms with van der Waals surface area (Å²) >= 11 is 0. The molecular formula is C4H5O3P. The van der Waals surface area contributed by atoms with Gasteiger partial charge in [0, 0.05) is 12.2 Å². The first-order valence-corrected chi connectivity index (χ1v) is 2.95. The SMILES string of the molecule is O=PC/C=C/C(=O)O. The van der Waals surface area contributed by atoms with Crippen LogP contribution < -0.4 is 0 Å². The van der Waals surface area contributed by atoms with E-state index in [1.165, 1.54) is 6.08 Å². The normalized spacial score (nSPS) is 10.5. The van der Waals surface area contributed by atoms with E-state index in [4.69, 9.17) is 5.11 Å². The zero-order valence-electron chi connectivity index (χ0n) is 4.07. The van der Waals surface area contributed by atoms with E-state index in [1.807, 2.05) is 0 Å². The maximum absolute atomic E-state index is 9.68. The monoisotopic (exact) mass is 132 g/mol. The molecule has 0 spiro atoms. The lowest BCUT2D eigenvalue weighted by atomic mass is 10.5. The lowest BCUT2D eigenvalue weighted by molar-refractivity contribution is -0.131. The Bertz CT molecular complexity index is 118. The van der Waals surface area contributed by atoms with Gasteiger partial charge < -0.3 is 5.11 Å². The minimum Gasteiger partial charge on any atom is -0.478 e. The molecule has 0 aliphatic heterocycles. The van der Waals surface area contributed by atoms with Gasteiger partial charge in [-0.15, -0.1) is 0 Å². The second kappa shape index (κ2) is 4.47. The van der Waals surface area contributed by atoms with Crippen LogP contribution in [0.4, 0.5) is 0 Å². The second-order valence-electron chi connectivity index (χ2n) is 1.05. The Morgan fingerprint density at radius 2 is 2.38 bits per heavy atom. The highest BCUT2D eigenvalue weighted by atomic mass is 31.1. The van der Waals surface area contributed by atoms with Gasteiger partial charge in [0.1, 0.15) is 0 Å². The van der Waals surface area contributed by atoms with E-state index in [1.54, 1.807) is 0 Å².